The molecule has 4 aromatic rings. The predicted octanol–water partition coefficient (Wildman–Crippen LogP) is 3.04. The van der Waals surface area contributed by atoms with Crippen LogP contribution in [0.2, 0.25) is 0 Å². The van der Waals surface area contributed by atoms with Crippen molar-refractivity contribution in [2.24, 2.45) is 10.7 Å². The van der Waals surface area contributed by atoms with Crippen molar-refractivity contribution in [2.45, 2.75) is 13.3 Å². The molecule has 4 rings (SSSR count). The van der Waals surface area contributed by atoms with E-state index in [0.29, 0.717) is 5.95 Å². The van der Waals surface area contributed by atoms with E-state index in [1.54, 1.807) is 35.3 Å². The van der Waals surface area contributed by atoms with Crippen LogP contribution >= 0.6 is 11.3 Å². The van der Waals surface area contributed by atoms with Crippen molar-refractivity contribution in [2.75, 3.05) is 12.4 Å². The summed E-state index contributed by atoms with van der Waals surface area (Å²) in [6.45, 7) is 2.07. The lowest BCUT2D eigenvalue weighted by Gasteiger charge is -2.07. The molecule has 1 aromatic carbocycles. The molecule has 0 spiro atoms. The zero-order valence-corrected chi connectivity index (χ0v) is 15.7. The van der Waals surface area contributed by atoms with Crippen LogP contribution in [0.3, 0.4) is 0 Å². The number of aromatic nitrogens is 5. The molecule has 27 heavy (non-hydrogen) atoms. The van der Waals surface area contributed by atoms with Gasteiger partial charge in [0.2, 0.25) is 4.96 Å². The normalized spacial score (nSPS) is 12.4. The molecule has 0 atom stereocenters. The smallest absolute Gasteiger partial charge is 0.251 e. The summed E-state index contributed by atoms with van der Waals surface area (Å²) >= 11 is 1.54. The maximum atomic E-state index is 5.70. The Morgan fingerprint density at radius 1 is 1.33 bits per heavy atom. The Labute approximate surface area is 159 Å². The quantitative estimate of drug-likeness (QED) is 0.517. The maximum Gasteiger partial charge on any atom is 0.251 e. The first-order valence-corrected chi connectivity index (χ1v) is 9.26. The summed E-state index contributed by atoms with van der Waals surface area (Å²) < 4.78 is 1.73. The van der Waals surface area contributed by atoms with Gasteiger partial charge in [-0.2, -0.15) is 9.61 Å². The van der Waals surface area contributed by atoms with Crippen LogP contribution in [-0.4, -0.2) is 38.1 Å². The molecule has 136 valence electrons. The molecule has 0 unspecified atom stereocenters. The summed E-state index contributed by atoms with van der Waals surface area (Å²) in [6.07, 6.45) is 5.90. The minimum atomic E-state index is 0.588. The average molecular weight is 378 g/mol. The van der Waals surface area contributed by atoms with Crippen molar-refractivity contribution >= 4 is 50.6 Å². The van der Waals surface area contributed by atoms with E-state index in [4.69, 9.17) is 5.73 Å². The summed E-state index contributed by atoms with van der Waals surface area (Å²) in [6, 6.07) is 7.96. The van der Waals surface area contributed by atoms with Crippen LogP contribution in [0.5, 0.6) is 0 Å². The van der Waals surface area contributed by atoms with Gasteiger partial charge in [0.05, 0.1) is 5.52 Å². The van der Waals surface area contributed by atoms with Gasteiger partial charge in [-0.05, 0) is 30.7 Å². The van der Waals surface area contributed by atoms with Gasteiger partial charge in [-0.15, -0.1) is 10.2 Å². The Morgan fingerprint density at radius 2 is 2.22 bits per heavy atom. The molecule has 0 amide bonds. The molecular formula is C18H18N8S. The SMILES string of the molecule is CCc1nn2c(Nc3ccc4ncc(/C(C=NC)=C/N)cc4c3)nnc2s1. The van der Waals surface area contributed by atoms with Crippen molar-refractivity contribution in [3.63, 3.8) is 0 Å². The van der Waals surface area contributed by atoms with Gasteiger partial charge in [-0.1, -0.05) is 18.3 Å². The molecule has 0 radical (unpaired) electrons. The molecular weight excluding hydrogens is 360 g/mol. The van der Waals surface area contributed by atoms with Gasteiger partial charge < -0.3 is 11.1 Å². The Balaban J connectivity index is 1.70. The topological polar surface area (TPSA) is 106 Å². The molecule has 3 N–H and O–H groups in total. The highest BCUT2D eigenvalue weighted by molar-refractivity contribution is 7.16. The summed E-state index contributed by atoms with van der Waals surface area (Å²) in [4.78, 5) is 9.31. The maximum absolute atomic E-state index is 5.70. The van der Waals surface area contributed by atoms with Crippen molar-refractivity contribution in [3.05, 3.63) is 47.2 Å². The summed E-state index contributed by atoms with van der Waals surface area (Å²) in [5, 5.41) is 18.2. The van der Waals surface area contributed by atoms with Crippen LogP contribution in [0.15, 0.2) is 41.7 Å². The highest BCUT2D eigenvalue weighted by atomic mass is 32.1. The fourth-order valence-electron chi connectivity index (χ4n) is 2.73. The number of hydrogen-bond acceptors (Lipinski definition) is 8. The first kappa shape index (κ1) is 17.1. The van der Waals surface area contributed by atoms with Gasteiger partial charge >= 0.3 is 0 Å². The summed E-state index contributed by atoms with van der Waals surface area (Å²) in [5.74, 6) is 0.588. The molecule has 0 saturated carbocycles. The van der Waals surface area contributed by atoms with Crippen LogP contribution < -0.4 is 11.1 Å². The third-order valence-electron chi connectivity index (χ3n) is 4.05. The number of hydrogen-bond donors (Lipinski definition) is 2. The highest BCUT2D eigenvalue weighted by Gasteiger charge is 2.11. The number of nitrogens with zero attached hydrogens (tertiary/aromatic N) is 6. The first-order chi connectivity index (χ1) is 13.2. The average Bonchev–Trinajstić information content (AvgIpc) is 3.27. The molecule has 0 fully saturated rings. The van der Waals surface area contributed by atoms with Gasteiger partial charge in [0.25, 0.3) is 5.95 Å². The van der Waals surface area contributed by atoms with E-state index in [1.807, 2.05) is 24.3 Å². The van der Waals surface area contributed by atoms with E-state index in [9.17, 15) is 0 Å². The molecule has 0 aliphatic carbocycles. The lowest BCUT2D eigenvalue weighted by molar-refractivity contribution is 0.907. The Morgan fingerprint density at radius 3 is 3.00 bits per heavy atom. The third-order valence-corrected chi connectivity index (χ3v) is 5.10. The van der Waals surface area contributed by atoms with E-state index in [0.717, 1.165) is 44.1 Å². The summed E-state index contributed by atoms with van der Waals surface area (Å²) in [5.41, 5.74) is 9.20. The number of benzene rings is 1. The highest BCUT2D eigenvalue weighted by Crippen LogP contribution is 2.24. The number of nitrogens with two attached hydrogens (primary N) is 1. The zero-order chi connectivity index (χ0) is 18.8. The lowest BCUT2D eigenvalue weighted by Crippen LogP contribution is -1.98. The van der Waals surface area contributed by atoms with E-state index in [1.165, 1.54) is 6.20 Å². The third kappa shape index (κ3) is 3.24. The lowest BCUT2D eigenvalue weighted by atomic mass is 10.1. The second kappa shape index (κ2) is 7.12. The van der Waals surface area contributed by atoms with E-state index in [2.05, 4.69) is 37.5 Å². The fourth-order valence-corrected chi connectivity index (χ4v) is 3.50. The van der Waals surface area contributed by atoms with Crippen molar-refractivity contribution < 1.29 is 0 Å². The number of fused-ring (bicyclic) bond motifs is 2. The zero-order valence-electron chi connectivity index (χ0n) is 14.9. The van der Waals surface area contributed by atoms with Gasteiger partial charge in [-0.25, -0.2) is 0 Å². The monoisotopic (exact) mass is 378 g/mol. The Bertz CT molecular complexity index is 1170. The number of aryl methyl sites for hydroxylation is 1. The number of nitrogens with one attached hydrogen (secondary N) is 1. The van der Waals surface area contributed by atoms with Gasteiger partial charge in [0, 0.05) is 47.9 Å². The van der Waals surface area contributed by atoms with Crippen LogP contribution in [0.1, 0.15) is 17.5 Å². The fraction of sp³-hybridized carbons (Fsp3) is 0.167. The van der Waals surface area contributed by atoms with Crippen LogP contribution in [0, 0.1) is 0 Å². The molecule has 3 heterocycles. The number of allylic oxidation sites excluding steroid dienone is 1. The number of aliphatic imine (C=N–C) groups is 1. The van der Waals surface area contributed by atoms with Gasteiger partial charge in [0.1, 0.15) is 5.01 Å². The van der Waals surface area contributed by atoms with E-state index >= 15 is 0 Å². The minimum Gasteiger partial charge on any atom is -0.404 e. The van der Waals surface area contributed by atoms with Crippen molar-refractivity contribution in [1.29, 1.82) is 0 Å². The second-order valence-corrected chi connectivity index (χ2v) is 6.87. The van der Waals surface area contributed by atoms with Crippen molar-refractivity contribution in [3.8, 4) is 0 Å². The molecule has 0 bridgehead atoms. The van der Waals surface area contributed by atoms with Crippen molar-refractivity contribution in [1.82, 2.24) is 24.8 Å². The number of anilines is 2. The van der Waals surface area contributed by atoms with Gasteiger partial charge in [-0.3, -0.25) is 9.98 Å². The Kier molecular flexibility index (Phi) is 4.51. The predicted molar refractivity (Wildman–Crippen MR) is 110 cm³/mol. The van der Waals surface area contributed by atoms with E-state index in [-0.39, 0.29) is 0 Å². The Hall–Kier alpha value is -3.33. The number of pyridine rings is 1. The standard InChI is InChI=1S/C18H18N8S/c1-3-16-25-26-17(23-24-18(26)27-16)22-14-4-5-15-11(7-14)6-12(10-21-15)13(8-19)9-20-2/h4-10H,3,19H2,1-2H3,(H,22,23)/b13-8+,20-9?. The largest absolute Gasteiger partial charge is 0.404 e. The minimum absolute atomic E-state index is 0.588. The van der Waals surface area contributed by atoms with Crippen LogP contribution in [0.25, 0.3) is 21.4 Å². The number of rotatable bonds is 5. The first-order valence-electron chi connectivity index (χ1n) is 8.44. The molecule has 9 heteroatoms. The van der Waals surface area contributed by atoms with Crippen LogP contribution in [-0.2, 0) is 6.42 Å². The summed E-state index contributed by atoms with van der Waals surface area (Å²) in [7, 11) is 1.71. The van der Waals surface area contributed by atoms with Gasteiger partial charge in [0.15, 0.2) is 0 Å². The molecule has 8 nitrogen and oxygen atoms in total. The molecule has 0 saturated heterocycles. The second-order valence-electron chi connectivity index (χ2n) is 5.83. The van der Waals surface area contributed by atoms with Crippen LogP contribution in [0.4, 0.5) is 11.6 Å². The molecule has 0 aliphatic rings. The molecule has 0 aliphatic heterocycles. The van der Waals surface area contributed by atoms with E-state index < -0.39 is 0 Å². The molecule has 3 aromatic heterocycles.